The Labute approximate surface area is 170 Å². The maximum atomic E-state index is 12.9. The van der Waals surface area contributed by atoms with Crippen molar-refractivity contribution in [1.82, 2.24) is 9.78 Å². The third-order valence-corrected chi connectivity index (χ3v) is 4.45. The van der Waals surface area contributed by atoms with Crippen molar-refractivity contribution in [3.05, 3.63) is 76.5 Å². The topological polar surface area (TPSA) is 127 Å². The summed E-state index contributed by atoms with van der Waals surface area (Å²) in [6, 6.07) is 16.8. The first-order chi connectivity index (χ1) is 14.5. The fraction of sp³-hybridized carbons (Fsp3) is 0.0952. The van der Waals surface area contributed by atoms with E-state index < -0.39 is 10.8 Å². The van der Waals surface area contributed by atoms with Crippen LogP contribution in [0.1, 0.15) is 16.8 Å². The normalized spacial score (nSPS) is 10.6. The van der Waals surface area contributed by atoms with Crippen molar-refractivity contribution in [2.24, 2.45) is 0 Å². The van der Waals surface area contributed by atoms with Crippen LogP contribution in [0.4, 0.5) is 11.4 Å². The Morgan fingerprint density at radius 2 is 2.00 bits per heavy atom. The molecule has 9 nitrogen and oxygen atoms in total. The molecule has 4 aromatic rings. The molecular weight excluding hydrogens is 386 g/mol. The quantitative estimate of drug-likeness (QED) is 0.377. The summed E-state index contributed by atoms with van der Waals surface area (Å²) in [4.78, 5) is 23.2. The van der Waals surface area contributed by atoms with E-state index in [-0.39, 0.29) is 17.7 Å². The van der Waals surface area contributed by atoms with Gasteiger partial charge in [-0.2, -0.15) is 10.4 Å². The third-order valence-electron chi connectivity index (χ3n) is 4.45. The molecule has 30 heavy (non-hydrogen) atoms. The van der Waals surface area contributed by atoms with Gasteiger partial charge in [0.1, 0.15) is 11.3 Å². The summed E-state index contributed by atoms with van der Waals surface area (Å²) in [6.07, 6.45) is 1.80. The molecule has 4 rings (SSSR count). The number of nitro groups is 1. The van der Waals surface area contributed by atoms with Gasteiger partial charge in [-0.25, -0.2) is 0 Å². The van der Waals surface area contributed by atoms with Crippen molar-refractivity contribution in [3.63, 3.8) is 0 Å². The van der Waals surface area contributed by atoms with Gasteiger partial charge < -0.3 is 9.73 Å². The number of anilines is 1. The number of carbonyl (C=O) groups is 1. The van der Waals surface area contributed by atoms with Gasteiger partial charge in [-0.05, 0) is 24.3 Å². The molecule has 0 unspecified atom stereocenters. The Hall–Kier alpha value is -4.45. The number of furan rings is 1. The summed E-state index contributed by atoms with van der Waals surface area (Å²) in [5.74, 6) is -0.0109. The summed E-state index contributed by atoms with van der Waals surface area (Å²) in [7, 11) is 0. The van der Waals surface area contributed by atoms with Gasteiger partial charge in [-0.1, -0.05) is 18.2 Å². The molecule has 2 aromatic heterocycles. The number of carbonyl (C=O) groups excluding carboxylic acids is 1. The maximum absolute atomic E-state index is 12.9. The lowest BCUT2D eigenvalue weighted by molar-refractivity contribution is -0.384. The van der Waals surface area contributed by atoms with Crippen molar-refractivity contribution in [2.75, 3.05) is 5.32 Å². The summed E-state index contributed by atoms with van der Waals surface area (Å²) < 4.78 is 7.38. The van der Waals surface area contributed by atoms with Gasteiger partial charge in [0.25, 0.3) is 11.6 Å². The van der Waals surface area contributed by atoms with Gasteiger partial charge >= 0.3 is 0 Å². The van der Waals surface area contributed by atoms with Crippen molar-refractivity contribution < 1.29 is 14.1 Å². The minimum absolute atomic E-state index is 0.0692. The zero-order valence-corrected chi connectivity index (χ0v) is 15.6. The van der Waals surface area contributed by atoms with Gasteiger partial charge in [-0.3, -0.25) is 19.6 Å². The second kappa shape index (κ2) is 7.89. The summed E-state index contributed by atoms with van der Waals surface area (Å²) in [5, 5.41) is 27.7. The zero-order valence-electron chi connectivity index (χ0n) is 15.6. The molecular formula is C21H15N5O4. The molecule has 0 bridgehead atoms. The van der Waals surface area contributed by atoms with Crippen LogP contribution in [0.3, 0.4) is 0 Å². The highest BCUT2D eigenvalue weighted by Crippen LogP contribution is 2.29. The molecule has 2 aromatic carbocycles. The average Bonchev–Trinajstić information content (AvgIpc) is 3.36. The van der Waals surface area contributed by atoms with Crippen LogP contribution in [0.5, 0.6) is 0 Å². The number of nitrogens with zero attached hydrogens (tertiary/aromatic N) is 4. The summed E-state index contributed by atoms with van der Waals surface area (Å²) in [5.41, 5.74) is 1.63. The molecule has 9 heteroatoms. The van der Waals surface area contributed by atoms with E-state index in [2.05, 4.69) is 10.4 Å². The van der Waals surface area contributed by atoms with E-state index in [0.29, 0.717) is 29.3 Å². The number of aromatic nitrogens is 2. The number of fused-ring (bicyclic) bond motifs is 1. The minimum Gasteiger partial charge on any atom is -0.454 e. The largest absolute Gasteiger partial charge is 0.454 e. The molecule has 1 amide bonds. The van der Waals surface area contributed by atoms with E-state index in [1.165, 1.54) is 28.9 Å². The Balaban J connectivity index is 1.68. The molecule has 2 heterocycles. The van der Waals surface area contributed by atoms with E-state index >= 15 is 0 Å². The molecule has 1 N–H and O–H groups in total. The average molecular weight is 401 g/mol. The van der Waals surface area contributed by atoms with Gasteiger partial charge in [0.15, 0.2) is 5.76 Å². The number of para-hydroxylation sites is 1. The number of non-ortho nitro benzene ring substituents is 1. The molecule has 0 saturated heterocycles. The van der Waals surface area contributed by atoms with E-state index in [1.807, 2.05) is 30.3 Å². The fourth-order valence-electron chi connectivity index (χ4n) is 3.01. The summed E-state index contributed by atoms with van der Waals surface area (Å²) in [6.45, 7) is 0.328. The second-order valence-electron chi connectivity index (χ2n) is 6.47. The predicted octanol–water partition coefficient (Wildman–Crippen LogP) is 4.37. The second-order valence-corrected chi connectivity index (χ2v) is 6.47. The molecule has 0 radical (unpaired) electrons. The van der Waals surface area contributed by atoms with Crippen LogP contribution in [-0.4, -0.2) is 20.6 Å². The van der Waals surface area contributed by atoms with Crippen LogP contribution < -0.4 is 5.32 Å². The molecule has 0 aliphatic carbocycles. The van der Waals surface area contributed by atoms with E-state index in [1.54, 1.807) is 12.3 Å². The van der Waals surface area contributed by atoms with Crippen LogP contribution in [0, 0.1) is 21.4 Å². The minimum atomic E-state index is -0.509. The number of aryl methyl sites for hydroxylation is 1. The number of rotatable bonds is 6. The lowest BCUT2D eigenvalue weighted by Gasteiger charge is -2.04. The van der Waals surface area contributed by atoms with Crippen LogP contribution in [0.2, 0.25) is 0 Å². The number of nitrogens with one attached hydrogen (secondary N) is 1. The summed E-state index contributed by atoms with van der Waals surface area (Å²) >= 11 is 0. The van der Waals surface area contributed by atoms with Crippen LogP contribution in [0.15, 0.2) is 65.2 Å². The van der Waals surface area contributed by atoms with Crippen LogP contribution >= 0.6 is 0 Å². The molecule has 0 aliphatic rings. The number of amides is 1. The van der Waals surface area contributed by atoms with Crippen molar-refractivity contribution in [3.8, 4) is 17.5 Å². The first-order valence-corrected chi connectivity index (χ1v) is 9.04. The predicted molar refractivity (Wildman–Crippen MR) is 109 cm³/mol. The Kier molecular flexibility index (Phi) is 4.97. The van der Waals surface area contributed by atoms with Crippen molar-refractivity contribution in [2.45, 2.75) is 13.0 Å². The first-order valence-electron chi connectivity index (χ1n) is 9.04. The molecule has 0 saturated carbocycles. The fourth-order valence-corrected chi connectivity index (χ4v) is 3.01. The molecule has 0 atom stereocenters. The Morgan fingerprint density at radius 1 is 1.23 bits per heavy atom. The Bertz CT molecular complexity index is 1250. The van der Waals surface area contributed by atoms with Gasteiger partial charge in [0.2, 0.25) is 0 Å². The van der Waals surface area contributed by atoms with Crippen molar-refractivity contribution >= 4 is 28.3 Å². The van der Waals surface area contributed by atoms with E-state index in [4.69, 9.17) is 9.68 Å². The highest BCUT2D eigenvalue weighted by molar-refractivity contribution is 6.08. The molecule has 148 valence electrons. The van der Waals surface area contributed by atoms with Crippen LogP contribution in [0.25, 0.3) is 22.4 Å². The van der Waals surface area contributed by atoms with E-state index in [0.717, 1.165) is 5.39 Å². The highest BCUT2D eigenvalue weighted by Gasteiger charge is 2.21. The smallest absolute Gasteiger partial charge is 0.269 e. The number of hydrogen-bond acceptors (Lipinski definition) is 6. The third kappa shape index (κ3) is 3.74. The molecule has 0 aliphatic heterocycles. The SMILES string of the molecule is N#CCCn1cc(C(=O)Nc2ccc([N+](=O)[O-])cc2)c(-c2cc3ccccc3o2)n1. The molecule has 0 fully saturated rings. The standard InChI is InChI=1S/C21H15N5O4/c22-10-3-11-25-13-17(21(27)23-15-6-8-16(9-7-15)26(28)29)20(24-25)19-12-14-4-1-2-5-18(14)30-19/h1-2,4-9,12-13H,3,11H2,(H,23,27). The lowest BCUT2D eigenvalue weighted by atomic mass is 10.1. The van der Waals surface area contributed by atoms with Gasteiger partial charge in [0, 0.05) is 29.4 Å². The van der Waals surface area contributed by atoms with Crippen molar-refractivity contribution in [1.29, 1.82) is 5.26 Å². The first kappa shape index (κ1) is 18.9. The number of nitro benzene ring substituents is 1. The van der Waals surface area contributed by atoms with E-state index in [9.17, 15) is 14.9 Å². The van der Waals surface area contributed by atoms with Gasteiger partial charge in [-0.15, -0.1) is 0 Å². The monoisotopic (exact) mass is 401 g/mol. The van der Waals surface area contributed by atoms with Gasteiger partial charge in [0.05, 0.1) is 29.5 Å². The number of nitriles is 1. The lowest BCUT2D eigenvalue weighted by Crippen LogP contribution is -2.12. The Morgan fingerprint density at radius 3 is 2.70 bits per heavy atom. The maximum Gasteiger partial charge on any atom is 0.269 e. The number of benzene rings is 2. The zero-order chi connectivity index (χ0) is 21.1. The van der Waals surface area contributed by atoms with Crippen LogP contribution in [-0.2, 0) is 6.54 Å². The highest BCUT2D eigenvalue weighted by atomic mass is 16.6. The molecule has 0 spiro atoms. The number of hydrogen-bond donors (Lipinski definition) is 1.